The van der Waals surface area contributed by atoms with E-state index in [0.29, 0.717) is 27.6 Å². The molecular weight excluding hydrogens is 460 g/mol. The van der Waals surface area contributed by atoms with Crippen LogP contribution in [0.5, 0.6) is 0 Å². The summed E-state index contributed by atoms with van der Waals surface area (Å²) in [5, 5.41) is 5.48. The Labute approximate surface area is 205 Å². The first kappa shape index (κ1) is 20.9. The number of hydrogen-bond acceptors (Lipinski definition) is 5. The fourth-order valence-corrected chi connectivity index (χ4v) is 4.13. The van der Waals surface area contributed by atoms with Crippen molar-refractivity contribution in [1.29, 1.82) is 0 Å². The third-order valence-corrected chi connectivity index (χ3v) is 5.96. The highest BCUT2D eigenvalue weighted by atomic mass is 35.5. The molecule has 6 rings (SSSR count). The van der Waals surface area contributed by atoms with Gasteiger partial charge in [-0.2, -0.15) is 5.10 Å². The zero-order chi connectivity index (χ0) is 23.8. The lowest BCUT2D eigenvalue weighted by atomic mass is 10.1. The molecule has 0 aliphatic carbocycles. The monoisotopic (exact) mass is 476 g/mol. The first-order valence-corrected chi connectivity index (χ1v) is 11.3. The van der Waals surface area contributed by atoms with E-state index in [0.717, 1.165) is 22.5 Å². The van der Waals surface area contributed by atoms with Crippen LogP contribution in [0, 0.1) is 0 Å². The molecule has 7 nitrogen and oxygen atoms in total. The van der Waals surface area contributed by atoms with Crippen LogP contribution in [0.25, 0.3) is 45.1 Å². The van der Waals surface area contributed by atoms with Gasteiger partial charge in [0.1, 0.15) is 17.5 Å². The lowest BCUT2D eigenvalue weighted by Crippen LogP contribution is -2.22. The largest absolute Gasteiger partial charge is 0.269 e. The van der Waals surface area contributed by atoms with Gasteiger partial charge in [0.15, 0.2) is 5.65 Å². The summed E-state index contributed by atoms with van der Waals surface area (Å²) < 4.78 is 3.27. The predicted molar refractivity (Wildman–Crippen MR) is 136 cm³/mol. The molecule has 0 bridgehead atoms. The number of halogens is 1. The fourth-order valence-electron chi connectivity index (χ4n) is 4.00. The van der Waals surface area contributed by atoms with Gasteiger partial charge in [0, 0.05) is 22.3 Å². The Morgan fingerprint density at radius 1 is 0.771 bits per heavy atom. The van der Waals surface area contributed by atoms with Crippen LogP contribution in [-0.4, -0.2) is 29.3 Å². The summed E-state index contributed by atoms with van der Waals surface area (Å²) in [6.07, 6.45) is 4.78. The van der Waals surface area contributed by atoms with Crippen LogP contribution in [-0.2, 0) is 0 Å². The normalized spacial score (nSPS) is 11.1. The summed E-state index contributed by atoms with van der Waals surface area (Å²) in [6.45, 7) is 0. The van der Waals surface area contributed by atoms with Crippen molar-refractivity contribution in [3.05, 3.63) is 119 Å². The van der Waals surface area contributed by atoms with E-state index in [2.05, 4.69) is 15.1 Å². The molecule has 3 aromatic heterocycles. The molecule has 168 valence electrons. The summed E-state index contributed by atoms with van der Waals surface area (Å²) in [6, 6.07) is 26.4. The van der Waals surface area contributed by atoms with E-state index in [9.17, 15) is 4.79 Å². The van der Waals surface area contributed by atoms with Crippen LogP contribution in [0.1, 0.15) is 0 Å². The van der Waals surface area contributed by atoms with Gasteiger partial charge in [0.25, 0.3) is 5.56 Å². The first-order valence-electron chi connectivity index (χ1n) is 10.9. The van der Waals surface area contributed by atoms with Crippen molar-refractivity contribution in [3.8, 4) is 34.0 Å². The molecule has 0 unspecified atom stereocenters. The van der Waals surface area contributed by atoms with Gasteiger partial charge in [-0.3, -0.25) is 9.36 Å². The summed E-state index contributed by atoms with van der Waals surface area (Å²) in [5.41, 5.74) is 4.28. The van der Waals surface area contributed by atoms with Crippen molar-refractivity contribution < 1.29 is 0 Å². The van der Waals surface area contributed by atoms with Crippen molar-refractivity contribution in [1.82, 2.24) is 29.3 Å². The number of rotatable bonds is 4. The maximum absolute atomic E-state index is 13.8. The summed E-state index contributed by atoms with van der Waals surface area (Å²) in [7, 11) is 0. The lowest BCUT2D eigenvalue weighted by Gasteiger charge is -2.14. The summed E-state index contributed by atoms with van der Waals surface area (Å²) in [4.78, 5) is 27.0. The average molecular weight is 477 g/mol. The number of benzene rings is 3. The minimum Gasteiger partial charge on any atom is -0.268 e. The Hall–Kier alpha value is -4.62. The highest BCUT2D eigenvalue weighted by Crippen LogP contribution is 2.26. The third kappa shape index (κ3) is 3.78. The van der Waals surface area contributed by atoms with Gasteiger partial charge >= 0.3 is 0 Å². The van der Waals surface area contributed by atoms with Crippen LogP contribution < -0.4 is 5.56 Å². The molecule has 3 heterocycles. The summed E-state index contributed by atoms with van der Waals surface area (Å²) >= 11 is 6.11. The maximum Gasteiger partial charge on any atom is 0.269 e. The van der Waals surface area contributed by atoms with Gasteiger partial charge < -0.3 is 0 Å². The molecule has 0 radical (unpaired) electrons. The second-order valence-corrected chi connectivity index (χ2v) is 8.29. The Morgan fingerprint density at radius 3 is 2.23 bits per heavy atom. The molecule has 35 heavy (non-hydrogen) atoms. The second kappa shape index (κ2) is 8.62. The Morgan fingerprint density at radius 2 is 1.51 bits per heavy atom. The SMILES string of the molecule is O=c1c2cnn(-c3ccccc3)c2nc(-c2ccc(-c3ccncn3)cc2)n1-c1ccc(Cl)cc1. The van der Waals surface area contributed by atoms with Crippen molar-refractivity contribution in [2.75, 3.05) is 0 Å². The second-order valence-electron chi connectivity index (χ2n) is 7.85. The van der Waals surface area contributed by atoms with E-state index in [-0.39, 0.29) is 5.56 Å². The van der Waals surface area contributed by atoms with Gasteiger partial charge in [-0.05, 0) is 42.5 Å². The van der Waals surface area contributed by atoms with Crippen molar-refractivity contribution in [3.63, 3.8) is 0 Å². The van der Waals surface area contributed by atoms with Gasteiger partial charge in [-0.15, -0.1) is 0 Å². The van der Waals surface area contributed by atoms with Gasteiger partial charge in [0.2, 0.25) is 0 Å². The van der Waals surface area contributed by atoms with Crippen LogP contribution >= 0.6 is 11.6 Å². The molecule has 0 saturated heterocycles. The molecule has 0 atom stereocenters. The third-order valence-electron chi connectivity index (χ3n) is 5.71. The van der Waals surface area contributed by atoms with Crippen molar-refractivity contribution in [2.24, 2.45) is 0 Å². The number of hydrogen-bond donors (Lipinski definition) is 0. The highest BCUT2D eigenvalue weighted by Gasteiger charge is 2.18. The lowest BCUT2D eigenvalue weighted by molar-refractivity contribution is 0.888. The zero-order valence-corrected chi connectivity index (χ0v) is 19.0. The van der Waals surface area contributed by atoms with Crippen LogP contribution in [0.4, 0.5) is 0 Å². The quantitative estimate of drug-likeness (QED) is 0.343. The van der Waals surface area contributed by atoms with E-state index in [1.54, 1.807) is 45.9 Å². The number of nitrogens with zero attached hydrogens (tertiary/aromatic N) is 6. The Bertz CT molecular complexity index is 1690. The first-order chi connectivity index (χ1) is 17.2. The standard InChI is InChI=1S/C27H17ClN6O/c28-20-10-12-21(13-11-20)33-25(19-8-6-18(7-9-19)24-14-15-29-17-30-24)32-26-23(27(33)35)16-31-34(26)22-4-2-1-3-5-22/h1-17H. The van der Waals surface area contributed by atoms with E-state index in [1.165, 1.54) is 6.33 Å². The minimum atomic E-state index is -0.214. The van der Waals surface area contributed by atoms with Crippen LogP contribution in [0.2, 0.25) is 5.02 Å². The van der Waals surface area contributed by atoms with Crippen molar-refractivity contribution in [2.45, 2.75) is 0 Å². The van der Waals surface area contributed by atoms with Crippen LogP contribution in [0.15, 0.2) is 108 Å². The topological polar surface area (TPSA) is 78.5 Å². The smallest absolute Gasteiger partial charge is 0.268 e. The molecule has 0 fully saturated rings. The molecular formula is C27H17ClN6O. The molecule has 0 aliphatic heterocycles. The van der Waals surface area contributed by atoms with E-state index in [1.807, 2.05) is 60.7 Å². The zero-order valence-electron chi connectivity index (χ0n) is 18.3. The van der Waals surface area contributed by atoms with E-state index >= 15 is 0 Å². The molecule has 0 saturated carbocycles. The molecule has 0 spiro atoms. The van der Waals surface area contributed by atoms with Gasteiger partial charge in [-0.1, -0.05) is 54.1 Å². The fraction of sp³-hybridized carbons (Fsp3) is 0. The summed E-state index contributed by atoms with van der Waals surface area (Å²) in [5.74, 6) is 0.497. The maximum atomic E-state index is 13.8. The molecule has 0 aliphatic rings. The number of para-hydroxylation sites is 1. The van der Waals surface area contributed by atoms with Crippen molar-refractivity contribution >= 4 is 22.6 Å². The molecule has 0 amide bonds. The number of aromatic nitrogens is 6. The highest BCUT2D eigenvalue weighted by molar-refractivity contribution is 6.30. The Kier molecular flexibility index (Phi) is 5.16. The molecule has 8 heteroatoms. The van der Waals surface area contributed by atoms with E-state index in [4.69, 9.17) is 16.6 Å². The molecule has 6 aromatic rings. The minimum absolute atomic E-state index is 0.214. The number of fused-ring (bicyclic) bond motifs is 1. The van der Waals surface area contributed by atoms with Gasteiger partial charge in [0.05, 0.1) is 23.3 Å². The molecule has 3 aromatic carbocycles. The van der Waals surface area contributed by atoms with E-state index < -0.39 is 0 Å². The predicted octanol–water partition coefficient (Wildman–Crippen LogP) is 5.35. The Balaban J connectivity index is 1.59. The van der Waals surface area contributed by atoms with Gasteiger partial charge in [-0.25, -0.2) is 19.6 Å². The average Bonchev–Trinajstić information content (AvgIpc) is 3.35. The van der Waals surface area contributed by atoms with Crippen LogP contribution in [0.3, 0.4) is 0 Å². The molecule has 0 N–H and O–H groups in total.